The van der Waals surface area contributed by atoms with Crippen molar-refractivity contribution in [2.75, 3.05) is 0 Å². The molecule has 0 unspecified atom stereocenters. The molecule has 32 heavy (non-hydrogen) atoms. The van der Waals surface area contributed by atoms with Crippen molar-refractivity contribution in [3.05, 3.63) is 108 Å². The van der Waals surface area contributed by atoms with Gasteiger partial charge in [-0.25, -0.2) is 4.98 Å². The van der Waals surface area contributed by atoms with E-state index in [0.717, 1.165) is 16.0 Å². The highest BCUT2D eigenvalue weighted by atomic mass is 32.2. The minimum Gasteiger partial charge on any atom is -0.441 e. The summed E-state index contributed by atoms with van der Waals surface area (Å²) < 4.78 is 18.4. The van der Waals surface area contributed by atoms with Gasteiger partial charge in [-0.05, 0) is 55.8 Å². The summed E-state index contributed by atoms with van der Waals surface area (Å²) in [4.78, 5) is 17.9. The summed E-state index contributed by atoms with van der Waals surface area (Å²) in [5, 5.41) is 3.01. The van der Waals surface area contributed by atoms with Gasteiger partial charge in [-0.3, -0.25) is 9.00 Å². The maximum absolute atomic E-state index is 12.6. The largest absolute Gasteiger partial charge is 0.441 e. The molecule has 3 aromatic carbocycles. The third-order valence-electron chi connectivity index (χ3n) is 5.21. The van der Waals surface area contributed by atoms with Crippen LogP contribution < -0.4 is 5.32 Å². The number of rotatable bonds is 7. The number of aryl methyl sites for hydroxylation is 1. The molecule has 0 aliphatic heterocycles. The monoisotopic (exact) mass is 444 g/mol. The van der Waals surface area contributed by atoms with Crippen molar-refractivity contribution < 1.29 is 13.4 Å². The van der Waals surface area contributed by atoms with Crippen LogP contribution in [0, 0.1) is 6.92 Å². The second-order valence-corrected chi connectivity index (χ2v) is 8.96. The van der Waals surface area contributed by atoms with Gasteiger partial charge >= 0.3 is 0 Å². The molecule has 0 saturated carbocycles. The second-order valence-electron chi connectivity index (χ2n) is 7.51. The molecule has 4 rings (SSSR count). The van der Waals surface area contributed by atoms with Crippen LogP contribution in [0.5, 0.6) is 0 Å². The summed E-state index contributed by atoms with van der Waals surface area (Å²) in [5.74, 6) is 1.24. The molecule has 0 bridgehead atoms. The van der Waals surface area contributed by atoms with Crippen LogP contribution in [0.25, 0.3) is 11.5 Å². The summed E-state index contributed by atoms with van der Waals surface area (Å²) >= 11 is 0. The first-order chi connectivity index (χ1) is 15.5. The predicted octanol–water partition coefficient (Wildman–Crippen LogP) is 5.45. The first kappa shape index (κ1) is 21.7. The Balaban J connectivity index is 1.44. The Kier molecular flexibility index (Phi) is 6.61. The molecule has 6 heteroatoms. The summed E-state index contributed by atoms with van der Waals surface area (Å²) in [6.45, 7) is 3.78. The van der Waals surface area contributed by atoms with Gasteiger partial charge in [-0.1, -0.05) is 48.5 Å². The highest BCUT2D eigenvalue weighted by Gasteiger charge is 2.16. The minimum absolute atomic E-state index is 0.0918. The zero-order valence-electron chi connectivity index (χ0n) is 17.9. The third-order valence-corrected chi connectivity index (χ3v) is 6.54. The maximum atomic E-state index is 12.6. The molecule has 0 aliphatic carbocycles. The van der Waals surface area contributed by atoms with E-state index in [1.165, 1.54) is 0 Å². The maximum Gasteiger partial charge on any atom is 0.251 e. The van der Waals surface area contributed by atoms with E-state index in [4.69, 9.17) is 4.42 Å². The lowest BCUT2D eigenvalue weighted by atomic mass is 10.1. The third kappa shape index (κ3) is 5.03. The van der Waals surface area contributed by atoms with Crippen molar-refractivity contribution in [3.8, 4) is 11.5 Å². The normalized spacial score (nSPS) is 12.8. The van der Waals surface area contributed by atoms with E-state index in [2.05, 4.69) is 10.3 Å². The van der Waals surface area contributed by atoms with Gasteiger partial charge in [0, 0.05) is 16.0 Å². The van der Waals surface area contributed by atoms with Gasteiger partial charge in [0.25, 0.3) is 5.91 Å². The number of carbonyl (C=O) groups is 1. The molecule has 1 amide bonds. The van der Waals surface area contributed by atoms with Crippen molar-refractivity contribution in [3.63, 3.8) is 0 Å². The molecule has 0 fully saturated rings. The quantitative estimate of drug-likeness (QED) is 0.411. The number of benzene rings is 3. The average molecular weight is 445 g/mol. The first-order valence-electron chi connectivity index (χ1n) is 10.4. The van der Waals surface area contributed by atoms with Gasteiger partial charge < -0.3 is 9.73 Å². The van der Waals surface area contributed by atoms with Gasteiger partial charge in [-0.2, -0.15) is 0 Å². The number of nitrogens with zero attached hydrogens (tertiary/aromatic N) is 1. The Morgan fingerprint density at radius 3 is 2.25 bits per heavy atom. The van der Waals surface area contributed by atoms with Gasteiger partial charge in [-0.15, -0.1) is 0 Å². The van der Waals surface area contributed by atoms with Crippen molar-refractivity contribution >= 4 is 16.7 Å². The van der Waals surface area contributed by atoms with Gasteiger partial charge in [0.2, 0.25) is 5.89 Å². The number of hydrogen-bond acceptors (Lipinski definition) is 4. The summed E-state index contributed by atoms with van der Waals surface area (Å²) in [6, 6.07) is 26.2. The SMILES string of the molecule is Cc1oc(-c2ccc(C(=O)N[C@@H](C)c3ccccc3)cc2)nc1C[S@](=O)c1ccccc1. The van der Waals surface area contributed by atoms with Crippen LogP contribution in [0.4, 0.5) is 0 Å². The molecule has 5 nitrogen and oxygen atoms in total. The Morgan fingerprint density at radius 1 is 0.969 bits per heavy atom. The first-order valence-corrected chi connectivity index (χ1v) is 11.7. The van der Waals surface area contributed by atoms with Crippen molar-refractivity contribution in [2.24, 2.45) is 0 Å². The lowest BCUT2D eigenvalue weighted by Gasteiger charge is -2.14. The standard InChI is InChI=1S/C26H24N2O3S/c1-18(20-9-5-3-6-10-20)27-25(29)21-13-15-22(16-14-21)26-28-24(19(2)31-26)17-32(30)23-11-7-4-8-12-23/h3-16,18H,17H2,1-2H3,(H,27,29)/t18-,32-/m0/s1. The van der Waals surface area contributed by atoms with Gasteiger partial charge in [0.1, 0.15) is 5.76 Å². The van der Waals surface area contributed by atoms with Crippen molar-refractivity contribution in [1.29, 1.82) is 0 Å². The Hall–Kier alpha value is -3.51. The number of carbonyl (C=O) groups excluding carboxylic acids is 1. The summed E-state index contributed by atoms with van der Waals surface area (Å²) in [6.07, 6.45) is 0. The van der Waals surface area contributed by atoms with Crippen LogP contribution >= 0.6 is 0 Å². The molecule has 2 atom stereocenters. The minimum atomic E-state index is -1.19. The zero-order chi connectivity index (χ0) is 22.5. The van der Waals surface area contributed by atoms with Crippen LogP contribution in [-0.2, 0) is 16.6 Å². The molecule has 0 saturated heterocycles. The fourth-order valence-electron chi connectivity index (χ4n) is 3.33. The van der Waals surface area contributed by atoms with E-state index in [9.17, 15) is 9.00 Å². The molecule has 1 heterocycles. The summed E-state index contributed by atoms with van der Waals surface area (Å²) in [7, 11) is -1.19. The van der Waals surface area contributed by atoms with E-state index < -0.39 is 10.8 Å². The molecule has 162 valence electrons. The van der Waals surface area contributed by atoms with Crippen LogP contribution in [0.15, 0.2) is 94.2 Å². The second kappa shape index (κ2) is 9.75. The Bertz CT molecular complexity index is 1220. The van der Waals surface area contributed by atoms with Gasteiger partial charge in [0.15, 0.2) is 0 Å². The average Bonchev–Trinajstić information content (AvgIpc) is 3.20. The fourth-order valence-corrected chi connectivity index (χ4v) is 4.48. The van der Waals surface area contributed by atoms with Crippen LogP contribution in [0.1, 0.15) is 40.3 Å². The van der Waals surface area contributed by atoms with Crippen molar-refractivity contribution in [1.82, 2.24) is 10.3 Å². The number of amides is 1. The van der Waals surface area contributed by atoms with E-state index in [-0.39, 0.29) is 17.7 Å². The topological polar surface area (TPSA) is 72.2 Å². The number of nitrogens with one attached hydrogen (secondary N) is 1. The number of aromatic nitrogens is 1. The van der Waals surface area contributed by atoms with E-state index in [0.29, 0.717) is 22.9 Å². The highest BCUT2D eigenvalue weighted by Crippen LogP contribution is 2.24. The van der Waals surface area contributed by atoms with E-state index in [1.807, 2.05) is 86.6 Å². The van der Waals surface area contributed by atoms with E-state index in [1.54, 1.807) is 12.1 Å². The number of oxazole rings is 1. The Morgan fingerprint density at radius 2 is 1.59 bits per heavy atom. The van der Waals surface area contributed by atoms with Crippen LogP contribution in [-0.4, -0.2) is 15.1 Å². The van der Waals surface area contributed by atoms with Gasteiger partial charge in [0.05, 0.1) is 28.3 Å². The lowest BCUT2D eigenvalue weighted by molar-refractivity contribution is 0.0940. The smallest absolute Gasteiger partial charge is 0.251 e. The highest BCUT2D eigenvalue weighted by molar-refractivity contribution is 7.84. The fraction of sp³-hybridized carbons (Fsp3) is 0.154. The van der Waals surface area contributed by atoms with Crippen LogP contribution in [0.2, 0.25) is 0 Å². The molecule has 0 radical (unpaired) electrons. The molecule has 1 aromatic heterocycles. The molecule has 1 N–H and O–H groups in total. The number of hydrogen-bond donors (Lipinski definition) is 1. The molecular formula is C26H24N2O3S. The lowest BCUT2D eigenvalue weighted by Crippen LogP contribution is -2.26. The molecular weight excluding hydrogens is 420 g/mol. The molecule has 4 aromatic rings. The predicted molar refractivity (Wildman–Crippen MR) is 126 cm³/mol. The van der Waals surface area contributed by atoms with E-state index >= 15 is 0 Å². The molecule has 0 spiro atoms. The molecule has 0 aliphatic rings. The summed E-state index contributed by atoms with van der Waals surface area (Å²) in [5.41, 5.74) is 3.04. The van der Waals surface area contributed by atoms with Crippen LogP contribution in [0.3, 0.4) is 0 Å². The van der Waals surface area contributed by atoms with Crippen molar-refractivity contribution in [2.45, 2.75) is 30.5 Å². The Labute approximate surface area is 190 Å². The zero-order valence-corrected chi connectivity index (χ0v) is 18.8.